The van der Waals surface area contributed by atoms with Crippen molar-refractivity contribution in [2.24, 2.45) is 0 Å². The summed E-state index contributed by atoms with van der Waals surface area (Å²) < 4.78 is 5.07. The van der Waals surface area contributed by atoms with E-state index in [1.807, 2.05) is 0 Å². The summed E-state index contributed by atoms with van der Waals surface area (Å²) in [5.41, 5.74) is 0.220. The summed E-state index contributed by atoms with van der Waals surface area (Å²) in [6.45, 7) is -0.333. The van der Waals surface area contributed by atoms with E-state index in [2.05, 4.69) is 5.32 Å². The third-order valence-electron chi connectivity index (χ3n) is 2.63. The van der Waals surface area contributed by atoms with E-state index in [-0.39, 0.29) is 18.7 Å². The zero-order valence-corrected chi connectivity index (χ0v) is 10.9. The number of ether oxygens (including phenoxy) is 1. The van der Waals surface area contributed by atoms with Crippen LogP contribution in [0.25, 0.3) is 0 Å². The highest BCUT2D eigenvalue weighted by atomic mass is 35.5. The lowest BCUT2D eigenvalue weighted by molar-refractivity contribution is -0.135. The fraction of sp³-hybridized carbons (Fsp3) is 0.250. The average Bonchev–Trinajstić information content (AvgIpc) is 2.36. The van der Waals surface area contributed by atoms with E-state index in [1.54, 1.807) is 12.1 Å². The summed E-state index contributed by atoms with van der Waals surface area (Å²) in [6, 6.07) is 4.59. The minimum Gasteiger partial charge on any atom is -0.496 e. The van der Waals surface area contributed by atoms with Crippen molar-refractivity contribution in [3.63, 3.8) is 0 Å². The topological polar surface area (TPSA) is 75.7 Å². The molecule has 1 aromatic rings. The van der Waals surface area contributed by atoms with E-state index >= 15 is 0 Å². The molecule has 0 radical (unpaired) electrons. The molecule has 1 aliphatic rings. The summed E-state index contributed by atoms with van der Waals surface area (Å²) in [7, 11) is 1.42. The standard InChI is InChI=1S/C12H11ClN2O4/c1-19-9-3-2-7(13)4-8(9)12(18)15-5-10(16)14-11(17)6-15/h2-4H,5-6H2,1H3,(H,14,16,17). The molecule has 0 spiro atoms. The number of methoxy groups -OCH3 is 1. The quantitative estimate of drug-likeness (QED) is 0.799. The van der Waals surface area contributed by atoms with Crippen LogP contribution >= 0.6 is 11.6 Å². The zero-order valence-electron chi connectivity index (χ0n) is 10.1. The Morgan fingerprint density at radius 3 is 2.53 bits per heavy atom. The van der Waals surface area contributed by atoms with Gasteiger partial charge in [0.2, 0.25) is 11.8 Å². The number of nitrogens with one attached hydrogen (secondary N) is 1. The molecule has 3 amide bonds. The Kier molecular flexibility index (Phi) is 3.71. The zero-order chi connectivity index (χ0) is 14.0. The van der Waals surface area contributed by atoms with Crippen molar-refractivity contribution in [3.05, 3.63) is 28.8 Å². The predicted molar refractivity (Wildman–Crippen MR) is 67.1 cm³/mol. The number of amides is 3. The highest BCUT2D eigenvalue weighted by molar-refractivity contribution is 6.31. The molecule has 100 valence electrons. The van der Waals surface area contributed by atoms with Crippen molar-refractivity contribution in [1.82, 2.24) is 10.2 Å². The van der Waals surface area contributed by atoms with Gasteiger partial charge in [-0.05, 0) is 18.2 Å². The van der Waals surface area contributed by atoms with Crippen molar-refractivity contribution < 1.29 is 19.1 Å². The van der Waals surface area contributed by atoms with Crippen molar-refractivity contribution in [2.75, 3.05) is 20.2 Å². The number of nitrogens with zero attached hydrogens (tertiary/aromatic N) is 1. The maximum absolute atomic E-state index is 12.3. The molecule has 2 rings (SSSR count). The first-order valence-electron chi connectivity index (χ1n) is 5.46. The molecule has 1 saturated heterocycles. The maximum atomic E-state index is 12.3. The first-order valence-corrected chi connectivity index (χ1v) is 5.84. The summed E-state index contributed by atoms with van der Waals surface area (Å²) in [4.78, 5) is 35.9. The minimum atomic E-state index is -0.509. The fourth-order valence-corrected chi connectivity index (χ4v) is 1.97. The molecule has 6 nitrogen and oxygen atoms in total. The number of hydrogen-bond acceptors (Lipinski definition) is 4. The third-order valence-corrected chi connectivity index (χ3v) is 2.86. The molecule has 1 aromatic carbocycles. The second kappa shape index (κ2) is 5.27. The Morgan fingerprint density at radius 1 is 1.32 bits per heavy atom. The number of halogens is 1. The molecule has 0 atom stereocenters. The highest BCUT2D eigenvalue weighted by Gasteiger charge is 2.28. The number of carbonyl (C=O) groups excluding carboxylic acids is 3. The predicted octanol–water partition coefficient (Wildman–Crippen LogP) is 0.447. The van der Waals surface area contributed by atoms with Gasteiger partial charge in [0.05, 0.1) is 12.7 Å². The lowest BCUT2D eigenvalue weighted by atomic mass is 10.1. The molecule has 7 heteroatoms. The second-order valence-corrected chi connectivity index (χ2v) is 4.41. The van der Waals surface area contributed by atoms with Gasteiger partial charge in [-0.2, -0.15) is 0 Å². The van der Waals surface area contributed by atoms with E-state index in [0.29, 0.717) is 10.8 Å². The van der Waals surface area contributed by atoms with E-state index in [1.165, 1.54) is 13.2 Å². The molecule has 1 heterocycles. The first-order chi connectivity index (χ1) is 9.01. The van der Waals surface area contributed by atoms with Crippen LogP contribution in [-0.4, -0.2) is 42.8 Å². The molecule has 0 bridgehead atoms. The van der Waals surface area contributed by atoms with Crippen molar-refractivity contribution >= 4 is 29.3 Å². The van der Waals surface area contributed by atoms with Gasteiger partial charge in [0, 0.05) is 5.02 Å². The number of benzene rings is 1. The van der Waals surface area contributed by atoms with Crippen LogP contribution in [0.4, 0.5) is 0 Å². The molecular formula is C12H11ClN2O4. The molecule has 0 aromatic heterocycles. The van der Waals surface area contributed by atoms with Gasteiger partial charge < -0.3 is 9.64 Å². The van der Waals surface area contributed by atoms with Crippen LogP contribution in [0.2, 0.25) is 5.02 Å². The monoisotopic (exact) mass is 282 g/mol. The van der Waals surface area contributed by atoms with Crippen LogP contribution in [0.1, 0.15) is 10.4 Å². The smallest absolute Gasteiger partial charge is 0.258 e. The minimum absolute atomic E-state index is 0.166. The van der Waals surface area contributed by atoms with E-state index in [9.17, 15) is 14.4 Å². The SMILES string of the molecule is COc1ccc(Cl)cc1C(=O)N1CC(=O)NC(=O)C1. The van der Waals surface area contributed by atoms with Gasteiger partial charge in [0.25, 0.3) is 5.91 Å². The van der Waals surface area contributed by atoms with Gasteiger partial charge in [0.1, 0.15) is 18.8 Å². The molecule has 0 aliphatic carbocycles. The molecule has 1 N–H and O–H groups in total. The lowest BCUT2D eigenvalue weighted by Gasteiger charge is -2.26. The van der Waals surface area contributed by atoms with Gasteiger partial charge in [-0.15, -0.1) is 0 Å². The van der Waals surface area contributed by atoms with E-state index in [4.69, 9.17) is 16.3 Å². The van der Waals surface area contributed by atoms with Crippen molar-refractivity contribution in [3.8, 4) is 5.75 Å². The second-order valence-electron chi connectivity index (χ2n) is 3.98. The number of piperazine rings is 1. The largest absolute Gasteiger partial charge is 0.496 e. The average molecular weight is 283 g/mol. The highest BCUT2D eigenvalue weighted by Crippen LogP contribution is 2.24. The number of imide groups is 1. The maximum Gasteiger partial charge on any atom is 0.258 e. The number of carbonyl (C=O) groups is 3. The summed E-state index contributed by atoms with van der Waals surface area (Å²) >= 11 is 5.84. The number of rotatable bonds is 2. The Balaban J connectivity index is 2.31. The molecule has 0 unspecified atom stereocenters. The van der Waals surface area contributed by atoms with Crippen LogP contribution in [0, 0.1) is 0 Å². The summed E-state index contributed by atoms with van der Waals surface area (Å²) in [5.74, 6) is -1.15. The normalized spacial score (nSPS) is 15.2. The van der Waals surface area contributed by atoms with Crippen LogP contribution in [0.5, 0.6) is 5.75 Å². The van der Waals surface area contributed by atoms with E-state index < -0.39 is 17.7 Å². The van der Waals surface area contributed by atoms with Crippen LogP contribution in [0.3, 0.4) is 0 Å². The van der Waals surface area contributed by atoms with Gasteiger partial charge in [-0.3, -0.25) is 19.7 Å². The Hall–Kier alpha value is -2.08. The summed E-state index contributed by atoms with van der Waals surface area (Å²) in [6.07, 6.45) is 0. The first kappa shape index (κ1) is 13.4. The van der Waals surface area contributed by atoms with Gasteiger partial charge in [-0.25, -0.2) is 0 Å². The summed E-state index contributed by atoms with van der Waals surface area (Å²) in [5, 5.41) is 2.50. The van der Waals surface area contributed by atoms with Gasteiger partial charge >= 0.3 is 0 Å². The van der Waals surface area contributed by atoms with Crippen LogP contribution in [-0.2, 0) is 9.59 Å². The Morgan fingerprint density at radius 2 is 1.95 bits per heavy atom. The van der Waals surface area contributed by atoms with E-state index in [0.717, 1.165) is 4.90 Å². The van der Waals surface area contributed by atoms with Crippen molar-refractivity contribution in [1.29, 1.82) is 0 Å². The van der Waals surface area contributed by atoms with Crippen LogP contribution in [0.15, 0.2) is 18.2 Å². The third kappa shape index (κ3) is 2.85. The van der Waals surface area contributed by atoms with Gasteiger partial charge in [-0.1, -0.05) is 11.6 Å². The Labute approximate surface area is 114 Å². The molecule has 1 aliphatic heterocycles. The molecular weight excluding hydrogens is 272 g/mol. The van der Waals surface area contributed by atoms with Gasteiger partial charge in [0.15, 0.2) is 0 Å². The van der Waals surface area contributed by atoms with Crippen LogP contribution < -0.4 is 10.1 Å². The molecule has 19 heavy (non-hydrogen) atoms. The number of hydrogen-bond donors (Lipinski definition) is 1. The lowest BCUT2D eigenvalue weighted by Crippen LogP contribution is -2.53. The Bertz CT molecular complexity index is 543. The van der Waals surface area contributed by atoms with Crippen molar-refractivity contribution in [2.45, 2.75) is 0 Å². The molecule has 1 fully saturated rings. The molecule has 0 saturated carbocycles. The fourth-order valence-electron chi connectivity index (χ4n) is 1.80.